The third kappa shape index (κ3) is 5.02. The molecule has 15 heavy (non-hydrogen) atoms. The number of phenols is 1. The molecule has 0 spiro atoms. The molecule has 0 amide bonds. The van der Waals surface area contributed by atoms with Crippen molar-refractivity contribution in [3.63, 3.8) is 0 Å². The fraction of sp³-hybridized carbons (Fsp3) is 0.364. The van der Waals surface area contributed by atoms with E-state index >= 15 is 0 Å². The van der Waals surface area contributed by atoms with Crippen molar-refractivity contribution in [2.75, 3.05) is 13.2 Å². The lowest BCUT2D eigenvalue weighted by Gasteiger charge is -2.02. The van der Waals surface area contributed by atoms with Gasteiger partial charge in [-0.1, -0.05) is 12.1 Å². The van der Waals surface area contributed by atoms with Crippen molar-refractivity contribution in [1.29, 1.82) is 0 Å². The number of rotatable bonds is 2. The van der Waals surface area contributed by atoms with Crippen LogP contribution >= 0.6 is 0 Å². The Hall–Kier alpha value is -1.55. The predicted molar refractivity (Wildman–Crippen MR) is 56.8 cm³/mol. The number of hydrogen-bond donors (Lipinski definition) is 2. The Morgan fingerprint density at radius 2 is 1.87 bits per heavy atom. The number of para-hydroxylation sites is 1. The minimum atomic E-state index is -0.490. The van der Waals surface area contributed by atoms with Gasteiger partial charge in [0.2, 0.25) is 0 Å². The molecule has 1 aromatic rings. The van der Waals surface area contributed by atoms with E-state index in [0.29, 0.717) is 6.61 Å². The quantitative estimate of drug-likeness (QED) is 0.730. The number of carbonyl (C=O) groups excluding carboxylic acids is 1. The van der Waals surface area contributed by atoms with E-state index in [2.05, 4.69) is 0 Å². The second-order valence-electron chi connectivity index (χ2n) is 2.55. The maximum atomic E-state index is 11.1. The van der Waals surface area contributed by atoms with Gasteiger partial charge >= 0.3 is 5.97 Å². The molecular formula is C11H16O4. The van der Waals surface area contributed by atoms with Crippen LogP contribution in [-0.2, 0) is 4.74 Å². The summed E-state index contributed by atoms with van der Waals surface area (Å²) in [6.07, 6.45) is 0. The Morgan fingerprint density at radius 3 is 2.33 bits per heavy atom. The summed E-state index contributed by atoms with van der Waals surface area (Å²) in [7, 11) is 0. The molecule has 0 atom stereocenters. The van der Waals surface area contributed by atoms with E-state index in [9.17, 15) is 9.90 Å². The van der Waals surface area contributed by atoms with Crippen molar-refractivity contribution >= 4 is 5.97 Å². The molecule has 0 fully saturated rings. The predicted octanol–water partition coefficient (Wildman–Crippen LogP) is 1.57. The maximum Gasteiger partial charge on any atom is 0.341 e. The fourth-order valence-corrected chi connectivity index (χ4v) is 0.855. The Kier molecular flexibility index (Phi) is 7.01. The summed E-state index contributed by atoms with van der Waals surface area (Å²) in [5.74, 6) is -0.536. The zero-order chi connectivity index (χ0) is 11.7. The average molecular weight is 212 g/mol. The molecule has 4 heteroatoms. The largest absolute Gasteiger partial charge is 0.507 e. The van der Waals surface area contributed by atoms with Crippen molar-refractivity contribution < 1.29 is 19.7 Å². The lowest BCUT2D eigenvalue weighted by atomic mass is 10.2. The average Bonchev–Trinajstić information content (AvgIpc) is 2.20. The molecule has 0 aromatic heterocycles. The SMILES string of the molecule is CCO.CCOC(=O)c1ccccc1O. The highest BCUT2D eigenvalue weighted by atomic mass is 16.5. The monoisotopic (exact) mass is 212 g/mol. The molecule has 1 aromatic carbocycles. The van der Waals surface area contributed by atoms with Crippen LogP contribution in [0.15, 0.2) is 24.3 Å². The number of aliphatic hydroxyl groups is 1. The first-order valence-electron chi connectivity index (χ1n) is 4.73. The van der Waals surface area contributed by atoms with Gasteiger partial charge in [-0.05, 0) is 26.0 Å². The molecule has 0 aliphatic heterocycles. The molecule has 0 unspecified atom stereocenters. The highest BCUT2D eigenvalue weighted by molar-refractivity contribution is 5.92. The fourth-order valence-electron chi connectivity index (χ4n) is 0.855. The van der Waals surface area contributed by atoms with E-state index in [-0.39, 0.29) is 17.9 Å². The molecule has 84 valence electrons. The third-order valence-electron chi connectivity index (χ3n) is 1.40. The standard InChI is InChI=1S/C9H10O3.C2H6O/c1-2-12-9(11)7-5-3-4-6-8(7)10;1-2-3/h3-6,10H,2H2,1H3;3H,2H2,1H3. The van der Waals surface area contributed by atoms with Crippen LogP contribution in [0.5, 0.6) is 5.75 Å². The van der Waals surface area contributed by atoms with Crippen LogP contribution in [0.1, 0.15) is 24.2 Å². The van der Waals surface area contributed by atoms with Crippen molar-refractivity contribution in [1.82, 2.24) is 0 Å². The first kappa shape index (κ1) is 13.4. The topological polar surface area (TPSA) is 66.8 Å². The number of carbonyl (C=O) groups is 1. The third-order valence-corrected chi connectivity index (χ3v) is 1.40. The normalized spacial score (nSPS) is 8.73. The van der Waals surface area contributed by atoms with Gasteiger partial charge in [-0.25, -0.2) is 4.79 Å². The second-order valence-corrected chi connectivity index (χ2v) is 2.55. The zero-order valence-electron chi connectivity index (χ0n) is 8.93. The maximum absolute atomic E-state index is 11.1. The molecule has 4 nitrogen and oxygen atoms in total. The van der Waals surface area contributed by atoms with Crippen molar-refractivity contribution in [2.45, 2.75) is 13.8 Å². The number of ether oxygens (including phenoxy) is 1. The van der Waals surface area contributed by atoms with Crippen LogP contribution < -0.4 is 0 Å². The van der Waals surface area contributed by atoms with Crippen LogP contribution in [-0.4, -0.2) is 29.4 Å². The van der Waals surface area contributed by atoms with Gasteiger partial charge in [-0.15, -0.1) is 0 Å². The second kappa shape index (κ2) is 7.82. The van der Waals surface area contributed by atoms with Crippen LogP contribution in [0.4, 0.5) is 0 Å². The number of esters is 1. The molecule has 2 N–H and O–H groups in total. The molecule has 0 saturated carbocycles. The Morgan fingerprint density at radius 1 is 1.33 bits per heavy atom. The van der Waals surface area contributed by atoms with Crippen molar-refractivity contribution in [3.05, 3.63) is 29.8 Å². The zero-order valence-corrected chi connectivity index (χ0v) is 8.93. The smallest absolute Gasteiger partial charge is 0.341 e. The summed E-state index contributed by atoms with van der Waals surface area (Å²) < 4.78 is 4.71. The van der Waals surface area contributed by atoms with E-state index in [4.69, 9.17) is 9.84 Å². The van der Waals surface area contributed by atoms with E-state index in [1.807, 2.05) is 0 Å². The summed E-state index contributed by atoms with van der Waals surface area (Å²) in [4.78, 5) is 11.1. The number of benzene rings is 1. The summed E-state index contributed by atoms with van der Waals surface area (Å²) in [5, 5.41) is 16.8. The molecular weight excluding hydrogens is 196 g/mol. The number of aromatic hydroxyl groups is 1. The minimum absolute atomic E-state index is 0.0454. The van der Waals surface area contributed by atoms with Crippen LogP contribution in [0, 0.1) is 0 Å². The van der Waals surface area contributed by atoms with Crippen molar-refractivity contribution in [2.24, 2.45) is 0 Å². The Balaban J connectivity index is 0.000000583. The molecule has 0 bridgehead atoms. The molecule has 0 heterocycles. The Bertz CT molecular complexity index is 296. The number of phenolic OH excluding ortho intramolecular Hbond substituents is 1. The summed E-state index contributed by atoms with van der Waals surface area (Å²) in [6, 6.07) is 6.30. The van der Waals surface area contributed by atoms with Gasteiger partial charge in [-0.2, -0.15) is 0 Å². The van der Waals surface area contributed by atoms with Gasteiger partial charge in [0.1, 0.15) is 11.3 Å². The van der Waals surface area contributed by atoms with Gasteiger partial charge in [0, 0.05) is 6.61 Å². The van der Waals surface area contributed by atoms with Gasteiger partial charge < -0.3 is 14.9 Å². The van der Waals surface area contributed by atoms with E-state index in [1.165, 1.54) is 12.1 Å². The summed E-state index contributed by atoms with van der Waals surface area (Å²) >= 11 is 0. The highest BCUT2D eigenvalue weighted by Crippen LogP contribution is 2.16. The molecule has 0 aliphatic carbocycles. The molecule has 1 rings (SSSR count). The Labute approximate surface area is 89.1 Å². The van der Waals surface area contributed by atoms with E-state index < -0.39 is 5.97 Å². The van der Waals surface area contributed by atoms with Crippen LogP contribution in [0.3, 0.4) is 0 Å². The molecule has 0 aliphatic rings. The lowest BCUT2D eigenvalue weighted by Crippen LogP contribution is -2.04. The van der Waals surface area contributed by atoms with E-state index in [0.717, 1.165) is 0 Å². The first-order valence-corrected chi connectivity index (χ1v) is 4.73. The lowest BCUT2D eigenvalue weighted by molar-refractivity contribution is 0.0523. The van der Waals surface area contributed by atoms with Crippen molar-refractivity contribution in [3.8, 4) is 5.75 Å². The number of hydrogen-bond acceptors (Lipinski definition) is 4. The molecule has 0 saturated heterocycles. The van der Waals surface area contributed by atoms with Crippen LogP contribution in [0.2, 0.25) is 0 Å². The minimum Gasteiger partial charge on any atom is -0.507 e. The van der Waals surface area contributed by atoms with Gasteiger partial charge in [0.25, 0.3) is 0 Å². The highest BCUT2D eigenvalue weighted by Gasteiger charge is 2.09. The van der Waals surface area contributed by atoms with Gasteiger partial charge in [0.15, 0.2) is 0 Å². The summed E-state index contributed by atoms with van der Waals surface area (Å²) in [6.45, 7) is 3.96. The summed E-state index contributed by atoms with van der Waals surface area (Å²) in [5.41, 5.74) is 0.208. The van der Waals surface area contributed by atoms with Crippen LogP contribution in [0.25, 0.3) is 0 Å². The molecule has 0 radical (unpaired) electrons. The van der Waals surface area contributed by atoms with Gasteiger partial charge in [0.05, 0.1) is 6.61 Å². The van der Waals surface area contributed by atoms with Gasteiger partial charge in [-0.3, -0.25) is 0 Å². The number of aliphatic hydroxyl groups excluding tert-OH is 1. The first-order chi connectivity index (χ1) is 7.17. The van der Waals surface area contributed by atoms with E-state index in [1.54, 1.807) is 26.0 Å².